The number of hydrogen-bond acceptors (Lipinski definition) is 2. The topological polar surface area (TPSA) is 40.5 Å². The first-order valence-electron chi connectivity index (χ1n) is 5.39. The predicted molar refractivity (Wildman–Crippen MR) is 64.8 cm³/mol. The lowest BCUT2D eigenvalue weighted by molar-refractivity contribution is -0.0718. The molecule has 0 aromatic heterocycles. The Morgan fingerprint density at radius 3 is 2.44 bits per heavy atom. The maximum Gasteiger partial charge on any atom is 0.109 e. The summed E-state index contributed by atoms with van der Waals surface area (Å²) in [5.41, 5.74) is -0.535. The van der Waals surface area contributed by atoms with Crippen molar-refractivity contribution in [3.05, 3.63) is 33.8 Å². The van der Waals surface area contributed by atoms with E-state index in [1.165, 1.54) is 0 Å². The molecule has 88 valence electrons. The molecule has 2 N–H and O–H groups in total. The van der Waals surface area contributed by atoms with Crippen LogP contribution < -0.4 is 0 Å². The largest absolute Gasteiger partial charge is 0.387 e. The fourth-order valence-electron chi connectivity index (χ4n) is 2.28. The fourth-order valence-corrected chi connectivity index (χ4v) is 2.69. The summed E-state index contributed by atoms with van der Waals surface area (Å²) < 4.78 is 0. The molecule has 1 aliphatic carbocycles. The summed E-state index contributed by atoms with van der Waals surface area (Å²) in [6, 6.07) is 5.10. The summed E-state index contributed by atoms with van der Waals surface area (Å²) in [6.07, 6.45) is 2.13. The van der Waals surface area contributed by atoms with Gasteiger partial charge >= 0.3 is 0 Å². The van der Waals surface area contributed by atoms with Crippen LogP contribution in [0.5, 0.6) is 0 Å². The summed E-state index contributed by atoms with van der Waals surface area (Å²) in [5, 5.41) is 21.2. The van der Waals surface area contributed by atoms with E-state index < -0.39 is 11.7 Å². The maximum absolute atomic E-state index is 10.3. The molecule has 1 atom stereocenters. The second-order valence-electron chi connectivity index (χ2n) is 4.36. The van der Waals surface area contributed by atoms with Gasteiger partial charge in [0.2, 0.25) is 0 Å². The van der Waals surface area contributed by atoms with Crippen molar-refractivity contribution in [1.82, 2.24) is 0 Å². The molecule has 1 saturated carbocycles. The van der Waals surface area contributed by atoms with Crippen molar-refractivity contribution in [3.8, 4) is 0 Å². The Hall–Kier alpha value is -0.280. The van der Waals surface area contributed by atoms with Gasteiger partial charge in [-0.1, -0.05) is 48.2 Å². The third-order valence-electron chi connectivity index (χ3n) is 3.25. The van der Waals surface area contributed by atoms with E-state index in [1.807, 2.05) is 0 Å². The number of halogens is 2. The summed E-state index contributed by atoms with van der Waals surface area (Å²) in [5.74, 6) is 0. The molecule has 1 unspecified atom stereocenters. The smallest absolute Gasteiger partial charge is 0.109 e. The van der Waals surface area contributed by atoms with E-state index in [2.05, 4.69) is 0 Å². The quantitative estimate of drug-likeness (QED) is 0.857. The first-order chi connectivity index (χ1) is 7.54. The van der Waals surface area contributed by atoms with Crippen LogP contribution >= 0.6 is 23.2 Å². The van der Waals surface area contributed by atoms with Gasteiger partial charge in [-0.2, -0.15) is 0 Å². The van der Waals surface area contributed by atoms with Crippen LogP contribution in [0.4, 0.5) is 0 Å². The van der Waals surface area contributed by atoms with Gasteiger partial charge in [0.1, 0.15) is 6.10 Å². The van der Waals surface area contributed by atoms with E-state index in [0.717, 1.165) is 12.8 Å². The maximum atomic E-state index is 10.3. The van der Waals surface area contributed by atoms with E-state index >= 15 is 0 Å². The lowest BCUT2D eigenvalue weighted by Gasteiger charge is -2.29. The van der Waals surface area contributed by atoms with Crippen LogP contribution in [0.3, 0.4) is 0 Å². The summed E-state index contributed by atoms with van der Waals surface area (Å²) in [6.45, 7) is 0. The first-order valence-corrected chi connectivity index (χ1v) is 6.14. The molecule has 4 heteroatoms. The Balaban J connectivity index is 2.33. The van der Waals surface area contributed by atoms with Crippen LogP contribution in [-0.4, -0.2) is 15.8 Å². The molecule has 0 radical (unpaired) electrons. The van der Waals surface area contributed by atoms with Crippen molar-refractivity contribution < 1.29 is 10.2 Å². The summed E-state index contributed by atoms with van der Waals surface area (Å²) in [4.78, 5) is 0. The average molecular weight is 261 g/mol. The third kappa shape index (κ3) is 2.07. The van der Waals surface area contributed by atoms with Gasteiger partial charge in [-0.05, 0) is 18.9 Å². The predicted octanol–water partition coefficient (Wildman–Crippen LogP) is 3.33. The molecule has 2 nitrogen and oxygen atoms in total. The minimum atomic E-state index is -1.05. The molecule has 0 spiro atoms. The van der Waals surface area contributed by atoms with Crippen molar-refractivity contribution in [2.24, 2.45) is 0 Å². The molecule has 1 fully saturated rings. The van der Waals surface area contributed by atoms with Crippen molar-refractivity contribution in [3.63, 3.8) is 0 Å². The Kier molecular flexibility index (Phi) is 3.45. The van der Waals surface area contributed by atoms with Crippen LogP contribution in [0, 0.1) is 0 Å². The van der Waals surface area contributed by atoms with Gasteiger partial charge in [0.05, 0.1) is 15.6 Å². The molecule has 0 amide bonds. The van der Waals surface area contributed by atoms with E-state index in [9.17, 15) is 10.2 Å². The summed E-state index contributed by atoms with van der Waals surface area (Å²) in [7, 11) is 0. The monoisotopic (exact) mass is 260 g/mol. The zero-order chi connectivity index (χ0) is 11.8. The van der Waals surface area contributed by atoms with Crippen LogP contribution in [0.1, 0.15) is 37.4 Å². The van der Waals surface area contributed by atoms with Crippen LogP contribution in [0.2, 0.25) is 10.0 Å². The van der Waals surface area contributed by atoms with Gasteiger partial charge in [-0.15, -0.1) is 0 Å². The van der Waals surface area contributed by atoms with Crippen molar-refractivity contribution in [2.45, 2.75) is 37.4 Å². The molecule has 1 aliphatic rings. The average Bonchev–Trinajstić information content (AvgIpc) is 2.70. The molecular formula is C12H14Cl2O2. The standard InChI is InChI=1S/C12H14Cl2O2/c13-9-5-3-4-8(10(9)14)11(15)12(16)6-1-2-7-12/h3-5,11,15-16H,1-2,6-7H2. The SMILES string of the molecule is OC(c1cccc(Cl)c1Cl)C1(O)CCCC1. The second kappa shape index (κ2) is 4.53. The van der Waals surface area contributed by atoms with Crippen LogP contribution in [0.15, 0.2) is 18.2 Å². The van der Waals surface area contributed by atoms with E-state index in [1.54, 1.807) is 18.2 Å². The molecular weight excluding hydrogens is 247 g/mol. The molecule has 0 heterocycles. The Morgan fingerprint density at radius 1 is 1.19 bits per heavy atom. The number of rotatable bonds is 2. The molecule has 0 bridgehead atoms. The van der Waals surface area contributed by atoms with Crippen molar-refractivity contribution in [2.75, 3.05) is 0 Å². The highest BCUT2D eigenvalue weighted by molar-refractivity contribution is 6.42. The van der Waals surface area contributed by atoms with Gasteiger partial charge < -0.3 is 10.2 Å². The van der Waals surface area contributed by atoms with Gasteiger partial charge in [-0.25, -0.2) is 0 Å². The zero-order valence-corrected chi connectivity index (χ0v) is 10.3. The molecule has 0 saturated heterocycles. The molecule has 1 aromatic rings. The van der Waals surface area contributed by atoms with Gasteiger partial charge in [0.25, 0.3) is 0 Å². The third-order valence-corrected chi connectivity index (χ3v) is 4.09. The highest BCUT2D eigenvalue weighted by Gasteiger charge is 2.40. The lowest BCUT2D eigenvalue weighted by Crippen LogP contribution is -2.33. The number of benzene rings is 1. The van der Waals surface area contributed by atoms with Gasteiger partial charge in [0.15, 0.2) is 0 Å². The van der Waals surface area contributed by atoms with E-state index in [-0.39, 0.29) is 0 Å². The van der Waals surface area contributed by atoms with Crippen LogP contribution in [-0.2, 0) is 0 Å². The summed E-state index contributed by atoms with van der Waals surface area (Å²) >= 11 is 11.9. The number of aliphatic hydroxyl groups is 2. The van der Waals surface area contributed by atoms with E-state index in [4.69, 9.17) is 23.2 Å². The molecule has 0 aliphatic heterocycles. The fraction of sp³-hybridized carbons (Fsp3) is 0.500. The van der Waals surface area contributed by atoms with Crippen LogP contribution in [0.25, 0.3) is 0 Å². The number of aliphatic hydroxyl groups excluding tert-OH is 1. The Labute approximate surface area is 105 Å². The van der Waals surface area contributed by atoms with Gasteiger partial charge in [-0.3, -0.25) is 0 Å². The highest BCUT2D eigenvalue weighted by Crippen LogP contribution is 2.42. The normalized spacial score (nSPS) is 21.0. The molecule has 2 rings (SSSR count). The Bertz CT molecular complexity index is 387. The first kappa shape index (κ1) is 12.2. The second-order valence-corrected chi connectivity index (χ2v) is 5.14. The highest BCUT2D eigenvalue weighted by atomic mass is 35.5. The zero-order valence-electron chi connectivity index (χ0n) is 8.79. The lowest BCUT2D eigenvalue weighted by atomic mass is 9.89. The molecule has 1 aromatic carbocycles. The minimum absolute atomic E-state index is 0.331. The Morgan fingerprint density at radius 2 is 1.81 bits per heavy atom. The molecule has 16 heavy (non-hydrogen) atoms. The minimum Gasteiger partial charge on any atom is -0.387 e. The van der Waals surface area contributed by atoms with Gasteiger partial charge in [0, 0.05) is 5.56 Å². The number of hydrogen-bond donors (Lipinski definition) is 2. The van der Waals surface area contributed by atoms with E-state index in [0.29, 0.717) is 28.5 Å². The van der Waals surface area contributed by atoms with Crippen molar-refractivity contribution >= 4 is 23.2 Å². The van der Waals surface area contributed by atoms with Crippen molar-refractivity contribution in [1.29, 1.82) is 0 Å².